The highest BCUT2D eigenvalue weighted by Gasteiger charge is 2.23. The van der Waals surface area contributed by atoms with Crippen molar-refractivity contribution in [3.05, 3.63) is 92.3 Å². The summed E-state index contributed by atoms with van der Waals surface area (Å²) >= 11 is 24.4. The van der Waals surface area contributed by atoms with Gasteiger partial charge in [0.15, 0.2) is 5.92 Å². The summed E-state index contributed by atoms with van der Waals surface area (Å²) in [7, 11) is 0. The van der Waals surface area contributed by atoms with E-state index in [0.29, 0.717) is 54.3 Å². The summed E-state index contributed by atoms with van der Waals surface area (Å²) in [6.45, 7) is 0. The molecule has 0 radical (unpaired) electrons. The van der Waals surface area contributed by atoms with E-state index in [1.165, 1.54) is 0 Å². The average molecular weight is 463 g/mol. The fraction of sp³-hybridized carbons (Fsp3) is 0.0455. The molecule has 0 N–H and O–H groups in total. The lowest BCUT2D eigenvalue weighted by Gasteiger charge is -2.05. The molecule has 2 aromatic carbocycles. The van der Waals surface area contributed by atoms with Crippen LogP contribution in [-0.4, -0.2) is 0 Å². The fourth-order valence-corrected chi connectivity index (χ4v) is 3.95. The standard InChI is InChI=1S/C22H11Cl4NO2/c23-12-1-3-14(17(25)9-12)19-5-7-21(28-19)16(11-27)22-8-6-20(29-22)15-4-2-13(24)10-18(15)26/h1-10,16H. The fourth-order valence-electron chi connectivity index (χ4n) is 2.95. The van der Waals surface area contributed by atoms with Gasteiger partial charge < -0.3 is 8.83 Å². The lowest BCUT2D eigenvalue weighted by molar-refractivity contribution is 0.469. The lowest BCUT2D eigenvalue weighted by Crippen LogP contribution is -1.94. The van der Waals surface area contributed by atoms with Gasteiger partial charge in [0.05, 0.1) is 16.1 Å². The minimum absolute atomic E-state index is 0.441. The molecule has 0 amide bonds. The molecule has 2 aromatic heterocycles. The summed E-state index contributed by atoms with van der Waals surface area (Å²) < 4.78 is 11.8. The third kappa shape index (κ3) is 4.03. The number of hydrogen-bond donors (Lipinski definition) is 0. The zero-order chi connectivity index (χ0) is 20.5. The summed E-state index contributed by atoms with van der Waals surface area (Å²) in [6.07, 6.45) is 0. The number of halogens is 4. The zero-order valence-electron chi connectivity index (χ0n) is 14.6. The third-order valence-electron chi connectivity index (χ3n) is 4.34. The molecule has 0 bridgehead atoms. The molecule has 0 atom stereocenters. The van der Waals surface area contributed by atoms with Gasteiger partial charge in [0.25, 0.3) is 0 Å². The third-order valence-corrected chi connectivity index (χ3v) is 5.44. The Labute approximate surface area is 187 Å². The van der Waals surface area contributed by atoms with Crippen molar-refractivity contribution in [1.82, 2.24) is 0 Å². The van der Waals surface area contributed by atoms with E-state index in [1.807, 2.05) is 0 Å². The van der Waals surface area contributed by atoms with E-state index in [-0.39, 0.29) is 0 Å². The van der Waals surface area contributed by atoms with Gasteiger partial charge >= 0.3 is 0 Å². The van der Waals surface area contributed by atoms with Crippen LogP contribution in [0.5, 0.6) is 0 Å². The second kappa shape index (κ2) is 8.18. The highest BCUT2D eigenvalue weighted by atomic mass is 35.5. The topological polar surface area (TPSA) is 50.1 Å². The summed E-state index contributed by atoms with van der Waals surface area (Å²) in [5, 5.41) is 11.7. The molecule has 7 heteroatoms. The molecule has 4 rings (SSSR count). The maximum absolute atomic E-state index is 9.72. The second-order valence-corrected chi connectivity index (χ2v) is 7.90. The molecular weight excluding hydrogens is 452 g/mol. The number of benzene rings is 2. The molecule has 0 saturated heterocycles. The van der Waals surface area contributed by atoms with Crippen LogP contribution >= 0.6 is 46.4 Å². The molecule has 0 saturated carbocycles. The Hall–Kier alpha value is -2.35. The molecular formula is C22H11Cl4NO2. The largest absolute Gasteiger partial charge is 0.459 e. The molecule has 0 aliphatic carbocycles. The van der Waals surface area contributed by atoms with E-state index in [2.05, 4.69) is 6.07 Å². The van der Waals surface area contributed by atoms with Crippen LogP contribution in [0.25, 0.3) is 22.6 Å². The first-order chi connectivity index (χ1) is 14.0. The van der Waals surface area contributed by atoms with E-state index in [4.69, 9.17) is 55.2 Å². The smallest absolute Gasteiger partial charge is 0.162 e. The number of rotatable bonds is 4. The summed E-state index contributed by atoms with van der Waals surface area (Å²) in [5.74, 6) is 1.23. The highest BCUT2D eigenvalue weighted by molar-refractivity contribution is 6.36. The zero-order valence-corrected chi connectivity index (χ0v) is 17.7. The Bertz CT molecular complexity index is 1150. The molecule has 0 aliphatic heterocycles. The van der Waals surface area contributed by atoms with Crippen molar-refractivity contribution in [3.63, 3.8) is 0 Å². The summed E-state index contributed by atoms with van der Waals surface area (Å²) in [5.41, 5.74) is 1.37. The average Bonchev–Trinajstić information content (AvgIpc) is 3.33. The predicted octanol–water partition coefficient (Wildman–Crippen LogP) is 8.48. The molecule has 29 heavy (non-hydrogen) atoms. The van der Waals surface area contributed by atoms with Gasteiger partial charge in [-0.25, -0.2) is 0 Å². The van der Waals surface area contributed by atoms with Crippen molar-refractivity contribution < 1.29 is 8.83 Å². The molecule has 4 aromatic rings. The minimum Gasteiger partial charge on any atom is -0.459 e. The van der Waals surface area contributed by atoms with Crippen LogP contribution < -0.4 is 0 Å². The first-order valence-electron chi connectivity index (χ1n) is 8.46. The highest BCUT2D eigenvalue weighted by Crippen LogP contribution is 2.37. The molecule has 0 spiro atoms. The van der Waals surface area contributed by atoms with E-state index in [1.54, 1.807) is 60.7 Å². The summed E-state index contributed by atoms with van der Waals surface area (Å²) in [6, 6.07) is 19.4. The first kappa shape index (κ1) is 19.9. The SMILES string of the molecule is N#CC(c1ccc(-c2ccc(Cl)cc2Cl)o1)c1ccc(-c2ccc(Cl)cc2Cl)o1. The van der Waals surface area contributed by atoms with Gasteiger partial charge in [0.1, 0.15) is 23.0 Å². The lowest BCUT2D eigenvalue weighted by atomic mass is 10.1. The molecule has 0 fully saturated rings. The number of nitriles is 1. The van der Waals surface area contributed by atoms with Crippen molar-refractivity contribution in [2.75, 3.05) is 0 Å². The quantitative estimate of drug-likeness (QED) is 0.305. The van der Waals surface area contributed by atoms with Gasteiger partial charge in [-0.1, -0.05) is 46.4 Å². The van der Waals surface area contributed by atoms with E-state index in [9.17, 15) is 5.26 Å². The van der Waals surface area contributed by atoms with Gasteiger partial charge in [-0.2, -0.15) is 5.26 Å². The van der Waals surface area contributed by atoms with Crippen molar-refractivity contribution in [2.45, 2.75) is 5.92 Å². The molecule has 0 aliphatic rings. The molecule has 3 nitrogen and oxygen atoms in total. The van der Waals surface area contributed by atoms with Crippen molar-refractivity contribution >= 4 is 46.4 Å². The number of hydrogen-bond acceptors (Lipinski definition) is 3. The van der Waals surface area contributed by atoms with Gasteiger partial charge in [0.2, 0.25) is 0 Å². The Morgan fingerprint density at radius 2 is 1.10 bits per heavy atom. The van der Waals surface area contributed by atoms with Crippen LogP contribution in [0.3, 0.4) is 0 Å². The Balaban J connectivity index is 1.66. The molecule has 0 unspecified atom stereocenters. The Morgan fingerprint density at radius 1 is 0.655 bits per heavy atom. The van der Waals surface area contributed by atoms with Crippen molar-refractivity contribution in [2.24, 2.45) is 0 Å². The van der Waals surface area contributed by atoms with Gasteiger partial charge in [-0.05, 0) is 60.7 Å². The van der Waals surface area contributed by atoms with E-state index in [0.717, 1.165) is 0 Å². The maximum Gasteiger partial charge on any atom is 0.162 e. The Kier molecular flexibility index (Phi) is 5.63. The molecule has 2 heterocycles. The maximum atomic E-state index is 9.72. The van der Waals surface area contributed by atoms with Crippen molar-refractivity contribution in [1.29, 1.82) is 5.26 Å². The predicted molar refractivity (Wildman–Crippen MR) is 116 cm³/mol. The van der Waals surface area contributed by atoms with Crippen molar-refractivity contribution in [3.8, 4) is 28.7 Å². The normalized spacial score (nSPS) is 11.0. The van der Waals surface area contributed by atoms with Crippen LogP contribution in [0.15, 0.2) is 69.5 Å². The Morgan fingerprint density at radius 3 is 1.48 bits per heavy atom. The van der Waals surface area contributed by atoms with Crippen LogP contribution in [-0.2, 0) is 0 Å². The monoisotopic (exact) mass is 461 g/mol. The number of furan rings is 2. The second-order valence-electron chi connectivity index (χ2n) is 6.21. The van der Waals surface area contributed by atoms with Gasteiger partial charge in [-0.15, -0.1) is 0 Å². The van der Waals surface area contributed by atoms with Crippen LogP contribution in [0.4, 0.5) is 0 Å². The number of nitrogens with zero attached hydrogens (tertiary/aromatic N) is 1. The van der Waals surface area contributed by atoms with Crippen LogP contribution in [0, 0.1) is 11.3 Å². The minimum atomic E-state index is -0.727. The van der Waals surface area contributed by atoms with E-state index >= 15 is 0 Å². The van der Waals surface area contributed by atoms with Gasteiger partial charge in [0, 0.05) is 21.2 Å². The van der Waals surface area contributed by atoms with E-state index < -0.39 is 5.92 Å². The van der Waals surface area contributed by atoms with Crippen LogP contribution in [0.2, 0.25) is 20.1 Å². The molecule has 144 valence electrons. The van der Waals surface area contributed by atoms with Crippen LogP contribution in [0.1, 0.15) is 17.4 Å². The van der Waals surface area contributed by atoms with Gasteiger partial charge in [-0.3, -0.25) is 0 Å². The first-order valence-corrected chi connectivity index (χ1v) is 9.97. The summed E-state index contributed by atoms with van der Waals surface area (Å²) in [4.78, 5) is 0.